The summed E-state index contributed by atoms with van der Waals surface area (Å²) in [5.41, 5.74) is 7.01. The number of hydrogen-bond donors (Lipinski definition) is 3. The summed E-state index contributed by atoms with van der Waals surface area (Å²) < 4.78 is 0. The number of allylic oxidation sites excluding steroid dienone is 1. The molecule has 2 aliphatic rings. The number of rotatable bonds is 4. The third-order valence-electron chi connectivity index (χ3n) is 3.83. The first-order valence-electron chi connectivity index (χ1n) is 8.20. The molecule has 7 nitrogen and oxygen atoms in total. The molecule has 2 rings (SSSR count). The minimum Gasteiger partial charge on any atom is -0.384 e. The van der Waals surface area contributed by atoms with Crippen LogP contribution < -0.4 is 16.4 Å². The Hall–Kier alpha value is -2.70. The summed E-state index contributed by atoms with van der Waals surface area (Å²) in [6.07, 6.45) is 10.0. The van der Waals surface area contributed by atoms with Gasteiger partial charge >= 0.3 is 6.03 Å². The smallest absolute Gasteiger partial charge is 0.320 e. The minimum atomic E-state index is -0.366. The highest BCUT2D eigenvalue weighted by atomic mass is 16.2. The SMILES string of the molecule is C=C1C=C(C(=O)N2CCCCC2)C=CN1/C=C(\N)NC(=O)NCC. The number of amides is 3. The molecule has 0 aliphatic carbocycles. The molecule has 0 spiro atoms. The van der Waals surface area contributed by atoms with E-state index in [0.29, 0.717) is 17.8 Å². The van der Waals surface area contributed by atoms with Crippen LogP contribution in [0.15, 0.2) is 48.2 Å². The van der Waals surface area contributed by atoms with Crippen molar-refractivity contribution in [2.24, 2.45) is 5.73 Å². The summed E-state index contributed by atoms with van der Waals surface area (Å²) in [5, 5.41) is 5.10. The maximum atomic E-state index is 12.5. The molecule has 0 aromatic heterocycles. The van der Waals surface area contributed by atoms with Crippen molar-refractivity contribution in [1.29, 1.82) is 0 Å². The Kier molecular flexibility index (Phi) is 6.06. The van der Waals surface area contributed by atoms with Crippen LogP contribution in [0.2, 0.25) is 0 Å². The first-order valence-corrected chi connectivity index (χ1v) is 8.20. The van der Waals surface area contributed by atoms with Gasteiger partial charge in [0.05, 0.1) is 0 Å². The lowest BCUT2D eigenvalue weighted by Gasteiger charge is -2.29. The van der Waals surface area contributed by atoms with Crippen LogP contribution in [0.5, 0.6) is 0 Å². The van der Waals surface area contributed by atoms with Crippen LogP contribution in [0.4, 0.5) is 4.79 Å². The number of carbonyl (C=O) groups excluding carboxylic acids is 2. The van der Waals surface area contributed by atoms with Gasteiger partial charge in [0, 0.05) is 43.3 Å². The molecule has 24 heavy (non-hydrogen) atoms. The number of likely N-dealkylation sites (tertiary alicyclic amines) is 1. The van der Waals surface area contributed by atoms with Gasteiger partial charge in [-0.3, -0.25) is 10.1 Å². The van der Waals surface area contributed by atoms with Gasteiger partial charge in [-0.25, -0.2) is 4.79 Å². The monoisotopic (exact) mass is 331 g/mol. The van der Waals surface area contributed by atoms with Gasteiger partial charge < -0.3 is 20.9 Å². The van der Waals surface area contributed by atoms with E-state index in [1.165, 1.54) is 6.42 Å². The zero-order valence-electron chi connectivity index (χ0n) is 14.0. The summed E-state index contributed by atoms with van der Waals surface area (Å²) in [6, 6.07) is -0.366. The van der Waals surface area contributed by atoms with Gasteiger partial charge in [-0.2, -0.15) is 0 Å². The second-order valence-corrected chi connectivity index (χ2v) is 5.74. The first-order chi connectivity index (χ1) is 11.5. The number of piperidine rings is 1. The third-order valence-corrected chi connectivity index (χ3v) is 3.83. The van der Waals surface area contributed by atoms with Gasteiger partial charge in [0.25, 0.3) is 5.91 Å². The van der Waals surface area contributed by atoms with E-state index in [1.807, 2.05) is 11.8 Å². The molecule has 130 valence electrons. The Labute approximate surface area is 142 Å². The van der Waals surface area contributed by atoms with Gasteiger partial charge in [-0.15, -0.1) is 0 Å². The average Bonchev–Trinajstić information content (AvgIpc) is 2.57. The van der Waals surface area contributed by atoms with Crippen LogP contribution in [-0.2, 0) is 4.79 Å². The molecule has 2 heterocycles. The Morgan fingerprint density at radius 2 is 2.04 bits per heavy atom. The second kappa shape index (κ2) is 8.24. The zero-order chi connectivity index (χ0) is 17.5. The van der Waals surface area contributed by atoms with Crippen LogP contribution in [0.3, 0.4) is 0 Å². The van der Waals surface area contributed by atoms with Crippen molar-refractivity contribution in [3.63, 3.8) is 0 Å². The summed E-state index contributed by atoms with van der Waals surface area (Å²) >= 11 is 0. The number of urea groups is 1. The Bertz CT molecular complexity index is 600. The first kappa shape index (κ1) is 17.7. The van der Waals surface area contributed by atoms with E-state index in [4.69, 9.17) is 5.73 Å². The number of hydrogen-bond acceptors (Lipinski definition) is 4. The Morgan fingerprint density at radius 3 is 2.67 bits per heavy atom. The normalized spacial score (nSPS) is 18.3. The highest BCUT2D eigenvalue weighted by Crippen LogP contribution is 2.20. The van der Waals surface area contributed by atoms with Crippen LogP contribution in [0.25, 0.3) is 0 Å². The highest BCUT2D eigenvalue weighted by Gasteiger charge is 2.21. The maximum Gasteiger partial charge on any atom is 0.320 e. The quantitative estimate of drug-likeness (QED) is 0.725. The summed E-state index contributed by atoms with van der Waals surface area (Å²) in [6.45, 7) is 7.89. The van der Waals surface area contributed by atoms with E-state index in [0.717, 1.165) is 25.9 Å². The molecular weight excluding hydrogens is 306 g/mol. The van der Waals surface area contributed by atoms with Crippen molar-refractivity contribution in [2.45, 2.75) is 26.2 Å². The fraction of sp³-hybridized carbons (Fsp3) is 0.412. The zero-order valence-corrected chi connectivity index (χ0v) is 14.0. The second-order valence-electron chi connectivity index (χ2n) is 5.74. The maximum absolute atomic E-state index is 12.5. The van der Waals surface area contributed by atoms with Crippen LogP contribution in [-0.4, -0.2) is 41.4 Å². The van der Waals surface area contributed by atoms with Crippen molar-refractivity contribution >= 4 is 11.9 Å². The molecule has 0 bridgehead atoms. The molecule has 4 N–H and O–H groups in total. The summed E-state index contributed by atoms with van der Waals surface area (Å²) in [7, 11) is 0. The minimum absolute atomic E-state index is 0.0316. The molecule has 0 aromatic carbocycles. The van der Waals surface area contributed by atoms with E-state index in [1.54, 1.807) is 29.5 Å². The topological polar surface area (TPSA) is 90.7 Å². The number of nitrogens with two attached hydrogens (primary N) is 1. The van der Waals surface area contributed by atoms with Crippen molar-refractivity contribution in [3.8, 4) is 0 Å². The number of nitrogens with zero attached hydrogens (tertiary/aromatic N) is 2. The molecule has 1 saturated heterocycles. The number of carbonyl (C=O) groups is 2. The van der Waals surface area contributed by atoms with Crippen molar-refractivity contribution < 1.29 is 9.59 Å². The molecule has 0 saturated carbocycles. The molecular formula is C17H25N5O2. The predicted molar refractivity (Wildman–Crippen MR) is 93.1 cm³/mol. The lowest BCUT2D eigenvalue weighted by atomic mass is 10.1. The van der Waals surface area contributed by atoms with Gasteiger partial charge in [0.15, 0.2) is 0 Å². The van der Waals surface area contributed by atoms with Gasteiger partial charge in [0.1, 0.15) is 5.82 Å². The van der Waals surface area contributed by atoms with Gasteiger partial charge in [0.2, 0.25) is 0 Å². The van der Waals surface area contributed by atoms with E-state index in [-0.39, 0.29) is 17.8 Å². The highest BCUT2D eigenvalue weighted by molar-refractivity contribution is 5.97. The van der Waals surface area contributed by atoms with Crippen molar-refractivity contribution in [3.05, 3.63) is 48.2 Å². The Balaban J connectivity index is 1.97. The summed E-state index contributed by atoms with van der Waals surface area (Å²) in [5.74, 6) is 0.218. The molecule has 2 aliphatic heterocycles. The largest absolute Gasteiger partial charge is 0.384 e. The average molecular weight is 331 g/mol. The van der Waals surface area contributed by atoms with Gasteiger partial charge in [-0.1, -0.05) is 6.58 Å². The van der Waals surface area contributed by atoms with Crippen LogP contribution in [0, 0.1) is 0 Å². The third kappa shape index (κ3) is 4.65. The fourth-order valence-electron chi connectivity index (χ4n) is 2.61. The lowest BCUT2D eigenvalue weighted by molar-refractivity contribution is -0.127. The molecule has 0 aromatic rings. The standard InChI is InChI=1S/C17H25N5O2/c1-3-19-17(24)20-15(18)12-22-10-7-14(11-13(22)2)16(23)21-8-5-4-6-9-21/h7,10-12H,2-6,8-9,18H2,1H3,(H2,19,20,24)/b15-12+. The van der Waals surface area contributed by atoms with E-state index in [2.05, 4.69) is 17.2 Å². The van der Waals surface area contributed by atoms with E-state index >= 15 is 0 Å². The molecule has 1 fully saturated rings. The van der Waals surface area contributed by atoms with Crippen molar-refractivity contribution in [1.82, 2.24) is 20.4 Å². The molecule has 0 radical (unpaired) electrons. The molecule has 3 amide bonds. The molecule has 0 atom stereocenters. The van der Waals surface area contributed by atoms with E-state index in [9.17, 15) is 9.59 Å². The molecule has 7 heteroatoms. The van der Waals surface area contributed by atoms with Crippen LogP contribution in [0.1, 0.15) is 26.2 Å². The van der Waals surface area contributed by atoms with E-state index < -0.39 is 0 Å². The predicted octanol–water partition coefficient (Wildman–Crippen LogP) is 1.34. The fourth-order valence-corrected chi connectivity index (χ4v) is 2.61. The lowest BCUT2D eigenvalue weighted by Crippen LogP contribution is -2.38. The van der Waals surface area contributed by atoms with Crippen LogP contribution >= 0.6 is 0 Å². The Morgan fingerprint density at radius 1 is 1.33 bits per heavy atom. The molecule has 0 unspecified atom stereocenters. The summed E-state index contributed by atoms with van der Waals surface area (Å²) in [4.78, 5) is 27.5. The van der Waals surface area contributed by atoms with Gasteiger partial charge in [-0.05, 0) is 38.3 Å². The van der Waals surface area contributed by atoms with Crippen molar-refractivity contribution in [2.75, 3.05) is 19.6 Å². The number of nitrogens with one attached hydrogen (secondary N) is 2.